The molecule has 1 aromatic rings. The summed E-state index contributed by atoms with van der Waals surface area (Å²) in [5, 5.41) is 11.2. The molecule has 7 nitrogen and oxygen atoms in total. The average molecular weight is 376 g/mol. The normalized spacial score (nSPS) is 10.8. The largest absolute Gasteiger partial charge is 0.478 e. The Morgan fingerprint density at radius 2 is 1.91 bits per heavy atom. The highest BCUT2D eigenvalue weighted by atomic mass is 79.9. The Labute approximate surface area is 132 Å². The Morgan fingerprint density at radius 3 is 2.41 bits per heavy atom. The van der Waals surface area contributed by atoms with E-state index in [1.807, 2.05) is 0 Å². The van der Waals surface area contributed by atoms with Gasteiger partial charge in [0.15, 0.2) is 0 Å². The van der Waals surface area contributed by atoms with Gasteiger partial charge in [-0.1, -0.05) is 0 Å². The van der Waals surface area contributed by atoms with Gasteiger partial charge < -0.3 is 19.9 Å². The summed E-state index contributed by atoms with van der Waals surface area (Å²) >= 11 is 2.98. The molecule has 0 radical (unpaired) electrons. The quantitative estimate of drug-likeness (QED) is 0.598. The number of benzene rings is 1. The van der Waals surface area contributed by atoms with Crippen LogP contribution in [0.15, 0.2) is 28.4 Å². The van der Waals surface area contributed by atoms with Gasteiger partial charge in [-0.3, -0.25) is 0 Å². The van der Waals surface area contributed by atoms with Gasteiger partial charge in [-0.05, 0) is 28.1 Å². The number of nitrogens with one attached hydrogen (secondary N) is 1. The number of hydrogen-bond donors (Lipinski definition) is 2. The van der Waals surface area contributed by atoms with E-state index in [0.717, 1.165) is 32.4 Å². The Kier molecular flexibility index (Phi) is 6.05. The van der Waals surface area contributed by atoms with E-state index in [9.17, 15) is 18.8 Å². The summed E-state index contributed by atoms with van der Waals surface area (Å²) < 4.78 is 22.8. The molecule has 1 aromatic carbocycles. The van der Waals surface area contributed by atoms with Crippen LogP contribution in [0.2, 0.25) is 0 Å². The summed E-state index contributed by atoms with van der Waals surface area (Å²) in [5.41, 5.74) is -0.889. The average Bonchev–Trinajstić information content (AvgIpc) is 2.48. The molecule has 0 amide bonds. The Bertz CT molecular complexity index is 658. The summed E-state index contributed by atoms with van der Waals surface area (Å²) in [4.78, 5) is 33.6. The van der Waals surface area contributed by atoms with Crippen molar-refractivity contribution in [2.45, 2.75) is 0 Å². The molecule has 0 saturated heterocycles. The maximum Gasteiger partial charge on any atom is 0.354 e. The molecular weight excluding hydrogens is 365 g/mol. The van der Waals surface area contributed by atoms with Gasteiger partial charge in [0.05, 0.1) is 31.5 Å². The molecule has 0 aliphatic rings. The van der Waals surface area contributed by atoms with Crippen LogP contribution >= 0.6 is 15.9 Å². The molecule has 0 atom stereocenters. The lowest BCUT2D eigenvalue weighted by molar-refractivity contribution is -0.138. The van der Waals surface area contributed by atoms with Crippen molar-refractivity contribution in [2.24, 2.45) is 0 Å². The highest BCUT2D eigenvalue weighted by Crippen LogP contribution is 2.26. The fourth-order valence-corrected chi connectivity index (χ4v) is 1.90. The number of rotatable bonds is 5. The van der Waals surface area contributed by atoms with Crippen molar-refractivity contribution >= 4 is 39.5 Å². The molecular formula is C13H11BrFNO6. The van der Waals surface area contributed by atoms with Gasteiger partial charge in [-0.25, -0.2) is 18.8 Å². The van der Waals surface area contributed by atoms with Crippen LogP contribution in [0.25, 0.3) is 0 Å². The topological polar surface area (TPSA) is 102 Å². The number of ether oxygens (including phenoxy) is 2. The first kappa shape index (κ1) is 17.6. The van der Waals surface area contributed by atoms with E-state index in [0.29, 0.717) is 0 Å². The fourth-order valence-electron chi connectivity index (χ4n) is 1.38. The third-order valence-electron chi connectivity index (χ3n) is 2.43. The van der Waals surface area contributed by atoms with Crippen molar-refractivity contribution in [1.82, 2.24) is 0 Å². The molecule has 0 unspecified atom stereocenters. The van der Waals surface area contributed by atoms with Gasteiger partial charge >= 0.3 is 17.9 Å². The zero-order chi connectivity index (χ0) is 16.9. The molecule has 0 fully saturated rings. The van der Waals surface area contributed by atoms with Crippen LogP contribution in [0, 0.1) is 5.82 Å². The van der Waals surface area contributed by atoms with Crippen LogP contribution in [-0.4, -0.2) is 37.2 Å². The smallest absolute Gasteiger partial charge is 0.354 e. The Balaban J connectivity index is 3.22. The molecule has 2 N–H and O–H groups in total. The number of aromatic carboxylic acids is 1. The van der Waals surface area contributed by atoms with Gasteiger partial charge in [-0.15, -0.1) is 0 Å². The minimum Gasteiger partial charge on any atom is -0.478 e. The first-order valence-corrected chi connectivity index (χ1v) is 6.46. The Hall–Kier alpha value is -2.42. The number of esters is 2. The predicted octanol–water partition coefficient (Wildman–Crippen LogP) is 1.93. The maximum atomic E-state index is 13.9. The lowest BCUT2D eigenvalue weighted by Gasteiger charge is -2.11. The second-order valence-electron chi connectivity index (χ2n) is 3.81. The highest BCUT2D eigenvalue weighted by Gasteiger charge is 2.18. The zero-order valence-corrected chi connectivity index (χ0v) is 13.1. The molecule has 0 aliphatic heterocycles. The number of halogens is 2. The molecule has 0 heterocycles. The third-order valence-corrected chi connectivity index (χ3v) is 3.08. The van der Waals surface area contributed by atoms with E-state index in [-0.39, 0.29) is 21.4 Å². The molecule has 0 spiro atoms. The molecule has 9 heteroatoms. The highest BCUT2D eigenvalue weighted by molar-refractivity contribution is 9.10. The SMILES string of the molecule is COC(=O)/C=C(/Nc1cc(Br)c(C(=O)O)cc1F)C(=O)OC. The lowest BCUT2D eigenvalue weighted by atomic mass is 10.2. The number of methoxy groups -OCH3 is 2. The molecule has 118 valence electrons. The first-order valence-electron chi connectivity index (χ1n) is 5.67. The number of carbonyl (C=O) groups excluding carboxylic acids is 2. The number of carboxylic acid groups (broad SMARTS) is 1. The maximum absolute atomic E-state index is 13.9. The number of anilines is 1. The molecule has 0 aliphatic carbocycles. The zero-order valence-electron chi connectivity index (χ0n) is 11.5. The van der Waals surface area contributed by atoms with Crippen molar-refractivity contribution in [2.75, 3.05) is 19.5 Å². The van der Waals surface area contributed by atoms with Crippen molar-refractivity contribution < 1.29 is 33.4 Å². The standard InChI is InChI=1S/C13H11BrFNO6/c1-21-11(17)5-10(13(20)22-2)16-9-4-7(14)6(12(18)19)3-8(9)15/h3-5,16H,1-2H3,(H,18,19)/b10-5+. The van der Waals surface area contributed by atoms with E-state index < -0.39 is 23.7 Å². The molecule has 22 heavy (non-hydrogen) atoms. The minimum atomic E-state index is -1.32. The summed E-state index contributed by atoms with van der Waals surface area (Å²) in [6, 6.07) is 1.88. The minimum absolute atomic E-state index is 0.0891. The second-order valence-corrected chi connectivity index (χ2v) is 4.67. The monoisotopic (exact) mass is 375 g/mol. The molecule has 0 aromatic heterocycles. The van der Waals surface area contributed by atoms with Crippen LogP contribution in [-0.2, 0) is 19.1 Å². The second kappa shape index (κ2) is 7.55. The van der Waals surface area contributed by atoms with E-state index in [2.05, 4.69) is 30.7 Å². The molecule has 0 bridgehead atoms. The van der Waals surface area contributed by atoms with Crippen molar-refractivity contribution in [3.63, 3.8) is 0 Å². The summed E-state index contributed by atoms with van der Waals surface area (Å²) in [5.74, 6) is -4.03. The number of hydrogen-bond acceptors (Lipinski definition) is 6. The fraction of sp³-hybridized carbons (Fsp3) is 0.154. The van der Waals surface area contributed by atoms with E-state index in [1.165, 1.54) is 0 Å². The third kappa shape index (κ3) is 4.29. The molecule has 0 saturated carbocycles. The van der Waals surface area contributed by atoms with E-state index in [1.54, 1.807) is 0 Å². The summed E-state index contributed by atoms with van der Waals surface area (Å²) in [6.45, 7) is 0. The number of carbonyl (C=O) groups is 3. The van der Waals surface area contributed by atoms with Crippen LogP contribution in [0.4, 0.5) is 10.1 Å². The first-order chi connectivity index (χ1) is 10.3. The lowest BCUT2D eigenvalue weighted by Crippen LogP contribution is -2.16. The van der Waals surface area contributed by atoms with Crippen molar-refractivity contribution in [3.05, 3.63) is 39.8 Å². The van der Waals surface area contributed by atoms with E-state index >= 15 is 0 Å². The van der Waals surface area contributed by atoms with Crippen LogP contribution in [0.5, 0.6) is 0 Å². The van der Waals surface area contributed by atoms with Crippen LogP contribution in [0.1, 0.15) is 10.4 Å². The summed E-state index contributed by atoms with van der Waals surface area (Å²) in [7, 11) is 2.18. The van der Waals surface area contributed by atoms with Gasteiger partial charge in [0, 0.05) is 4.47 Å². The predicted molar refractivity (Wildman–Crippen MR) is 76.8 cm³/mol. The van der Waals surface area contributed by atoms with Crippen LogP contribution < -0.4 is 5.32 Å². The van der Waals surface area contributed by atoms with Gasteiger partial charge in [-0.2, -0.15) is 0 Å². The Morgan fingerprint density at radius 1 is 1.27 bits per heavy atom. The van der Waals surface area contributed by atoms with Crippen molar-refractivity contribution in [1.29, 1.82) is 0 Å². The summed E-state index contributed by atoms with van der Waals surface area (Å²) in [6.07, 6.45) is 0.782. The number of carboxylic acids is 1. The van der Waals surface area contributed by atoms with Gasteiger partial charge in [0.25, 0.3) is 0 Å². The molecule has 1 rings (SSSR count). The van der Waals surface area contributed by atoms with Gasteiger partial charge in [0.2, 0.25) is 0 Å². The van der Waals surface area contributed by atoms with Crippen molar-refractivity contribution in [3.8, 4) is 0 Å². The van der Waals surface area contributed by atoms with E-state index in [4.69, 9.17) is 5.11 Å². The van der Waals surface area contributed by atoms with Crippen LogP contribution in [0.3, 0.4) is 0 Å². The van der Waals surface area contributed by atoms with Gasteiger partial charge in [0.1, 0.15) is 11.5 Å².